The van der Waals surface area contributed by atoms with E-state index in [9.17, 15) is 14.7 Å². The summed E-state index contributed by atoms with van der Waals surface area (Å²) in [4.78, 5) is 27.4. The highest BCUT2D eigenvalue weighted by atomic mass is 35.5. The average Bonchev–Trinajstić information content (AvgIpc) is 2.83. The highest BCUT2D eigenvalue weighted by Crippen LogP contribution is 2.42. The van der Waals surface area contributed by atoms with Crippen molar-refractivity contribution in [1.29, 1.82) is 0 Å². The van der Waals surface area contributed by atoms with Gasteiger partial charge in [-0.2, -0.15) is 0 Å². The number of rotatable bonds is 9. The maximum Gasteiger partial charge on any atom is 0.328 e. The van der Waals surface area contributed by atoms with E-state index in [2.05, 4.69) is 22.5 Å². The molecule has 2 atom stereocenters. The van der Waals surface area contributed by atoms with E-state index < -0.39 is 23.7 Å². The Morgan fingerprint density at radius 3 is 2.71 bits per heavy atom. The number of nitrogens with one attached hydrogen (secondary N) is 2. The number of methoxy groups -OCH3 is 1. The number of hydrogen-bond donors (Lipinski definition) is 3. The lowest BCUT2D eigenvalue weighted by atomic mass is 10.1. The number of benzene rings is 2. The van der Waals surface area contributed by atoms with Crippen LogP contribution < -0.4 is 15.4 Å². The van der Waals surface area contributed by atoms with Crippen molar-refractivity contribution in [3.05, 3.63) is 57.6 Å². The number of aromatic hydroxyl groups is 1. The summed E-state index contributed by atoms with van der Waals surface area (Å²) in [5, 5.41) is 16.5. The number of carbonyl (C=O) groups excluding carboxylic acids is 2. The van der Waals surface area contributed by atoms with Crippen LogP contribution >= 0.6 is 23.2 Å². The summed E-state index contributed by atoms with van der Waals surface area (Å²) in [6, 6.07) is 9.90. The molecule has 0 spiro atoms. The molecule has 0 aromatic heterocycles. The van der Waals surface area contributed by atoms with E-state index in [0.717, 1.165) is 25.2 Å². The normalized spacial score (nSPS) is 17.1. The Balaban J connectivity index is 1.69. The van der Waals surface area contributed by atoms with Gasteiger partial charge in [0.25, 0.3) is 5.91 Å². The van der Waals surface area contributed by atoms with Crippen molar-refractivity contribution >= 4 is 35.1 Å². The monoisotopic (exact) mass is 509 g/mol. The summed E-state index contributed by atoms with van der Waals surface area (Å²) in [6.45, 7) is 5.82. The van der Waals surface area contributed by atoms with Crippen LogP contribution in [0.25, 0.3) is 0 Å². The highest BCUT2D eigenvalue weighted by Gasteiger charge is 2.27. The minimum atomic E-state index is -0.964. The lowest BCUT2D eigenvalue weighted by Crippen LogP contribution is -2.50. The van der Waals surface area contributed by atoms with Gasteiger partial charge in [-0.1, -0.05) is 53.5 Å². The van der Waals surface area contributed by atoms with E-state index in [1.807, 2.05) is 30.3 Å². The van der Waals surface area contributed by atoms with Gasteiger partial charge in [0.2, 0.25) is 0 Å². The number of ether oxygens (including phenoxy) is 2. The van der Waals surface area contributed by atoms with Gasteiger partial charge in [0, 0.05) is 38.6 Å². The summed E-state index contributed by atoms with van der Waals surface area (Å²) in [5.41, 5.74) is 0.668. The van der Waals surface area contributed by atoms with Crippen LogP contribution in [0.1, 0.15) is 22.8 Å². The Bertz CT molecular complexity index is 1010. The topological polar surface area (TPSA) is 100 Å². The van der Waals surface area contributed by atoms with Gasteiger partial charge in [0.15, 0.2) is 11.5 Å². The smallest absolute Gasteiger partial charge is 0.328 e. The number of esters is 1. The molecule has 10 heteroatoms. The lowest BCUT2D eigenvalue weighted by Gasteiger charge is -2.31. The van der Waals surface area contributed by atoms with Crippen molar-refractivity contribution < 1.29 is 24.2 Å². The van der Waals surface area contributed by atoms with Crippen molar-refractivity contribution in [3.8, 4) is 11.5 Å². The molecule has 2 aromatic rings. The first kappa shape index (κ1) is 26.1. The molecule has 8 nitrogen and oxygen atoms in total. The zero-order valence-electron chi connectivity index (χ0n) is 19.1. The SMILES string of the molecule is COC(=O)[C@H](Cc1ccccc1)NC(=O)c1cc(Cl)c(OCCN2CCN[C@@H](C)C2)c(Cl)c1O. The van der Waals surface area contributed by atoms with E-state index >= 15 is 0 Å². The van der Waals surface area contributed by atoms with Gasteiger partial charge in [-0.3, -0.25) is 9.69 Å². The second-order valence-electron chi connectivity index (χ2n) is 8.14. The maximum absolute atomic E-state index is 12.9. The Hall–Kier alpha value is -2.52. The van der Waals surface area contributed by atoms with Crippen molar-refractivity contribution in [1.82, 2.24) is 15.5 Å². The van der Waals surface area contributed by atoms with Gasteiger partial charge < -0.3 is 25.2 Å². The van der Waals surface area contributed by atoms with Gasteiger partial charge in [-0.15, -0.1) is 0 Å². The molecule has 184 valence electrons. The number of piperazine rings is 1. The van der Waals surface area contributed by atoms with E-state index in [1.54, 1.807) is 0 Å². The minimum absolute atomic E-state index is 0.0827. The largest absolute Gasteiger partial charge is 0.505 e. The molecule has 0 saturated carbocycles. The van der Waals surface area contributed by atoms with Crippen molar-refractivity contribution in [2.75, 3.05) is 39.9 Å². The second-order valence-corrected chi connectivity index (χ2v) is 8.93. The van der Waals surface area contributed by atoms with Gasteiger partial charge in [0.05, 0.1) is 17.7 Å². The maximum atomic E-state index is 12.9. The van der Waals surface area contributed by atoms with E-state index in [1.165, 1.54) is 13.2 Å². The molecule has 1 aliphatic rings. The van der Waals surface area contributed by atoms with Crippen molar-refractivity contribution in [2.45, 2.75) is 25.4 Å². The molecule has 0 radical (unpaired) electrons. The molecule has 1 saturated heterocycles. The first-order chi connectivity index (χ1) is 16.3. The molecule has 0 aliphatic carbocycles. The van der Waals surface area contributed by atoms with Gasteiger partial charge in [-0.05, 0) is 18.6 Å². The molecular formula is C24H29Cl2N3O5. The predicted molar refractivity (Wildman–Crippen MR) is 131 cm³/mol. The number of halogens is 2. The fraction of sp³-hybridized carbons (Fsp3) is 0.417. The zero-order valence-corrected chi connectivity index (χ0v) is 20.7. The predicted octanol–water partition coefficient (Wildman–Crippen LogP) is 2.89. The summed E-state index contributed by atoms with van der Waals surface area (Å²) in [6.07, 6.45) is 0.216. The van der Waals surface area contributed by atoms with Crippen molar-refractivity contribution in [3.63, 3.8) is 0 Å². The number of hydrogen-bond acceptors (Lipinski definition) is 7. The van der Waals surface area contributed by atoms with Crippen LogP contribution in [0.5, 0.6) is 11.5 Å². The van der Waals surface area contributed by atoms with Gasteiger partial charge in [-0.25, -0.2) is 4.79 Å². The van der Waals surface area contributed by atoms with Gasteiger partial charge >= 0.3 is 5.97 Å². The molecule has 1 heterocycles. The Morgan fingerprint density at radius 2 is 2.03 bits per heavy atom. The molecule has 34 heavy (non-hydrogen) atoms. The summed E-state index contributed by atoms with van der Waals surface area (Å²) < 4.78 is 10.6. The Labute approximate surface area is 209 Å². The Morgan fingerprint density at radius 1 is 1.29 bits per heavy atom. The van der Waals surface area contributed by atoms with Crippen LogP contribution in [0.3, 0.4) is 0 Å². The second kappa shape index (κ2) is 12.3. The molecule has 1 amide bonds. The first-order valence-corrected chi connectivity index (χ1v) is 11.8. The summed E-state index contributed by atoms with van der Waals surface area (Å²) in [5.74, 6) is -1.70. The van der Waals surface area contributed by atoms with Crippen LogP contribution in [0.15, 0.2) is 36.4 Å². The third-order valence-corrected chi connectivity index (χ3v) is 6.21. The van der Waals surface area contributed by atoms with Crippen LogP contribution in [-0.4, -0.2) is 73.9 Å². The number of amides is 1. The average molecular weight is 510 g/mol. The summed E-state index contributed by atoms with van der Waals surface area (Å²) >= 11 is 12.6. The molecule has 2 aromatic carbocycles. The molecule has 1 fully saturated rings. The van der Waals surface area contributed by atoms with Gasteiger partial charge in [0.1, 0.15) is 17.7 Å². The first-order valence-electron chi connectivity index (χ1n) is 11.0. The standard InChI is InChI=1S/C24H29Cl2N3O5/c1-15-14-29(9-8-27-15)10-11-34-22-18(25)13-17(21(30)20(22)26)23(31)28-19(24(32)33-2)12-16-6-4-3-5-7-16/h3-7,13,15,19,27,30H,8-12,14H2,1-2H3,(H,28,31)/t15-,19-/m0/s1. The lowest BCUT2D eigenvalue weighted by molar-refractivity contribution is -0.142. The minimum Gasteiger partial charge on any atom is -0.505 e. The molecule has 3 rings (SSSR count). The number of phenols is 1. The molecule has 0 unspecified atom stereocenters. The third kappa shape index (κ3) is 6.76. The van der Waals surface area contributed by atoms with E-state index in [-0.39, 0.29) is 27.8 Å². The van der Waals surface area contributed by atoms with E-state index in [4.69, 9.17) is 32.7 Å². The fourth-order valence-corrected chi connectivity index (χ4v) is 4.37. The van der Waals surface area contributed by atoms with E-state index in [0.29, 0.717) is 19.2 Å². The molecule has 1 aliphatic heterocycles. The molecule has 3 N–H and O–H groups in total. The quantitative estimate of drug-likeness (QED) is 0.446. The van der Waals surface area contributed by atoms with Crippen LogP contribution in [-0.2, 0) is 16.0 Å². The van der Waals surface area contributed by atoms with Crippen molar-refractivity contribution in [2.24, 2.45) is 0 Å². The van der Waals surface area contributed by atoms with Crippen LogP contribution in [0.2, 0.25) is 10.0 Å². The molecule has 0 bridgehead atoms. The fourth-order valence-electron chi connectivity index (χ4n) is 3.81. The molecular weight excluding hydrogens is 481 g/mol. The summed E-state index contributed by atoms with van der Waals surface area (Å²) in [7, 11) is 1.24. The number of phenolic OH excluding ortho intramolecular Hbond substituents is 1. The number of nitrogens with zero attached hydrogens (tertiary/aromatic N) is 1. The third-order valence-electron chi connectivity index (χ3n) is 5.58. The highest BCUT2D eigenvalue weighted by molar-refractivity contribution is 6.39. The number of carbonyl (C=O) groups is 2. The Kier molecular flexibility index (Phi) is 9.41. The van der Waals surface area contributed by atoms with Crippen LogP contribution in [0.4, 0.5) is 0 Å². The van der Waals surface area contributed by atoms with Crippen LogP contribution in [0, 0.1) is 0 Å². The zero-order chi connectivity index (χ0) is 24.7.